The van der Waals surface area contributed by atoms with E-state index in [-0.39, 0.29) is 24.7 Å². The summed E-state index contributed by atoms with van der Waals surface area (Å²) in [5.41, 5.74) is 1.12. The third kappa shape index (κ3) is 5.35. The van der Waals surface area contributed by atoms with Gasteiger partial charge >= 0.3 is 0 Å². The zero-order valence-corrected chi connectivity index (χ0v) is 12.6. The molecular weight excluding hydrogens is 290 g/mol. The number of phenols is 1. The molecule has 1 atom stereocenters. The van der Waals surface area contributed by atoms with Crippen LogP contribution in [0.4, 0.5) is 0 Å². The molecule has 0 saturated carbocycles. The molecule has 1 rings (SSSR count). The van der Waals surface area contributed by atoms with Gasteiger partial charge in [0.1, 0.15) is 13.2 Å². The van der Waals surface area contributed by atoms with Gasteiger partial charge < -0.3 is 19.9 Å². The summed E-state index contributed by atoms with van der Waals surface area (Å²) in [4.78, 5) is 0. The van der Waals surface area contributed by atoms with Crippen molar-refractivity contribution in [3.63, 3.8) is 0 Å². The predicted octanol–water partition coefficient (Wildman–Crippen LogP) is 1.30. The lowest BCUT2D eigenvalue weighted by atomic mass is 10.0. The van der Waals surface area contributed by atoms with E-state index < -0.39 is 6.10 Å². The van der Waals surface area contributed by atoms with E-state index in [2.05, 4.69) is 29.0 Å². The van der Waals surface area contributed by atoms with Gasteiger partial charge in [0.15, 0.2) is 11.5 Å². The molecular formula is C19H17NO3. The Bertz CT molecular complexity index is 696. The quantitative estimate of drug-likeness (QED) is 0.561. The molecule has 4 nitrogen and oxygen atoms in total. The third-order valence-corrected chi connectivity index (χ3v) is 2.87. The number of aromatic hydroxyl groups is 1. The van der Waals surface area contributed by atoms with Crippen LogP contribution < -0.4 is 10.1 Å². The molecule has 116 valence electrons. The summed E-state index contributed by atoms with van der Waals surface area (Å²) in [6.45, 7) is 0.904. The number of nitrogens with one attached hydrogen (secondary N) is 1. The second-order valence-electron chi connectivity index (χ2n) is 4.38. The largest absolute Gasteiger partial charge is 0.504 e. The van der Waals surface area contributed by atoms with E-state index in [0.29, 0.717) is 24.2 Å². The zero-order valence-electron chi connectivity index (χ0n) is 12.6. The number of hydrogen-bond acceptors (Lipinski definition) is 4. The van der Waals surface area contributed by atoms with Crippen LogP contribution >= 0.6 is 0 Å². The Hall–Kier alpha value is -3.02. The first-order chi connectivity index (χ1) is 11.2. The standard InChI is InChI=1S/C19H17NO3/c1-5-9-20-14-19(23-11-7-3)16-13-18(22-10-6-2)17(21)12-15(16)8-4/h1-4,12-13,19-21H,9-11,14H2. The minimum absolute atomic E-state index is 0.0215. The SMILES string of the molecule is C#CCNCC(OCC#C)c1cc(OCC#C)c(O)cc1C#C. The van der Waals surface area contributed by atoms with Crippen LogP contribution in [-0.4, -0.2) is 31.4 Å². The summed E-state index contributed by atoms with van der Waals surface area (Å²) < 4.78 is 10.9. The molecule has 1 aromatic rings. The lowest BCUT2D eigenvalue weighted by molar-refractivity contribution is 0.0779. The molecule has 0 fully saturated rings. The Morgan fingerprint density at radius 2 is 1.83 bits per heavy atom. The molecule has 0 spiro atoms. The van der Waals surface area contributed by atoms with Crippen LogP contribution in [0.1, 0.15) is 17.2 Å². The lowest BCUT2D eigenvalue weighted by Gasteiger charge is -2.20. The molecule has 1 aromatic carbocycles. The maximum atomic E-state index is 9.94. The van der Waals surface area contributed by atoms with Crippen LogP contribution in [0.5, 0.6) is 11.5 Å². The molecule has 0 aliphatic heterocycles. The second kappa shape index (κ2) is 9.83. The van der Waals surface area contributed by atoms with Gasteiger partial charge in [0.25, 0.3) is 0 Å². The van der Waals surface area contributed by atoms with Crippen LogP contribution in [-0.2, 0) is 4.74 Å². The first kappa shape index (κ1) is 18.0. The number of rotatable bonds is 8. The molecule has 1 unspecified atom stereocenters. The highest BCUT2D eigenvalue weighted by Crippen LogP contribution is 2.33. The topological polar surface area (TPSA) is 50.7 Å². The van der Waals surface area contributed by atoms with Crippen molar-refractivity contribution in [3.05, 3.63) is 23.3 Å². The van der Waals surface area contributed by atoms with Crippen molar-refractivity contribution in [2.24, 2.45) is 0 Å². The smallest absolute Gasteiger partial charge is 0.162 e. The molecule has 0 aliphatic rings. The molecule has 0 radical (unpaired) electrons. The number of phenolic OH excluding ortho intramolecular Hbond substituents is 1. The number of ether oxygens (including phenoxy) is 2. The van der Waals surface area contributed by atoms with E-state index in [1.807, 2.05) is 0 Å². The van der Waals surface area contributed by atoms with Crippen LogP contribution in [0.3, 0.4) is 0 Å². The molecule has 0 amide bonds. The molecule has 23 heavy (non-hydrogen) atoms. The molecule has 2 N–H and O–H groups in total. The van der Waals surface area contributed by atoms with Crippen molar-refractivity contribution in [3.8, 4) is 60.9 Å². The summed E-state index contributed by atoms with van der Waals surface area (Å²) in [6.07, 6.45) is 20.7. The Morgan fingerprint density at radius 3 is 2.43 bits per heavy atom. The highest BCUT2D eigenvalue weighted by Gasteiger charge is 2.18. The van der Waals surface area contributed by atoms with Crippen LogP contribution in [0.2, 0.25) is 0 Å². The Morgan fingerprint density at radius 1 is 1.09 bits per heavy atom. The minimum Gasteiger partial charge on any atom is -0.504 e. The highest BCUT2D eigenvalue weighted by atomic mass is 16.5. The van der Waals surface area contributed by atoms with E-state index in [1.54, 1.807) is 6.07 Å². The first-order valence-electron chi connectivity index (χ1n) is 6.76. The average molecular weight is 307 g/mol. The number of terminal acetylenes is 4. The average Bonchev–Trinajstić information content (AvgIpc) is 2.56. The van der Waals surface area contributed by atoms with Gasteiger partial charge in [-0.3, -0.25) is 0 Å². The van der Waals surface area contributed by atoms with E-state index in [4.69, 9.17) is 35.2 Å². The maximum absolute atomic E-state index is 9.94. The summed E-state index contributed by atoms with van der Waals surface area (Å²) in [6, 6.07) is 3.02. The van der Waals surface area contributed by atoms with Gasteiger partial charge in [-0.25, -0.2) is 0 Å². The van der Waals surface area contributed by atoms with Gasteiger partial charge in [-0.05, 0) is 12.1 Å². The van der Waals surface area contributed by atoms with Crippen molar-refractivity contribution in [1.82, 2.24) is 5.32 Å². The van der Waals surface area contributed by atoms with E-state index in [0.717, 1.165) is 0 Å². The van der Waals surface area contributed by atoms with Gasteiger partial charge in [0.05, 0.1) is 12.6 Å². The normalized spacial score (nSPS) is 10.6. The van der Waals surface area contributed by atoms with E-state index in [9.17, 15) is 5.11 Å². The van der Waals surface area contributed by atoms with Gasteiger partial charge in [-0.2, -0.15) is 0 Å². The van der Waals surface area contributed by atoms with Gasteiger partial charge in [0, 0.05) is 17.7 Å². The molecule has 0 heterocycles. The zero-order chi connectivity index (χ0) is 17.1. The highest BCUT2D eigenvalue weighted by molar-refractivity contribution is 5.53. The van der Waals surface area contributed by atoms with Gasteiger partial charge in [-0.15, -0.1) is 25.7 Å². The minimum atomic E-state index is -0.445. The monoisotopic (exact) mass is 307 g/mol. The number of benzene rings is 1. The summed E-state index contributed by atoms with van der Waals surface area (Å²) in [5, 5.41) is 13.0. The predicted molar refractivity (Wildman–Crippen MR) is 89.6 cm³/mol. The van der Waals surface area contributed by atoms with Crippen molar-refractivity contribution < 1.29 is 14.6 Å². The number of hydrogen-bond donors (Lipinski definition) is 2. The fraction of sp³-hybridized carbons (Fsp3) is 0.263. The fourth-order valence-electron chi connectivity index (χ4n) is 1.89. The second-order valence-corrected chi connectivity index (χ2v) is 4.38. The molecule has 0 saturated heterocycles. The Labute approximate surface area is 137 Å². The molecule has 0 bridgehead atoms. The van der Waals surface area contributed by atoms with Gasteiger partial charge in [0.2, 0.25) is 0 Å². The summed E-state index contributed by atoms with van der Waals surface area (Å²) in [5.74, 6) is 9.85. The van der Waals surface area contributed by atoms with Crippen molar-refractivity contribution in [1.29, 1.82) is 0 Å². The summed E-state index contributed by atoms with van der Waals surface area (Å²) >= 11 is 0. The lowest BCUT2D eigenvalue weighted by Crippen LogP contribution is -2.24. The van der Waals surface area contributed by atoms with Crippen LogP contribution in [0.25, 0.3) is 0 Å². The Kier molecular flexibility index (Phi) is 7.71. The molecule has 4 heteroatoms. The fourth-order valence-corrected chi connectivity index (χ4v) is 1.89. The van der Waals surface area contributed by atoms with Crippen LogP contribution in [0.15, 0.2) is 12.1 Å². The Balaban J connectivity index is 3.16. The van der Waals surface area contributed by atoms with Gasteiger partial charge in [-0.1, -0.05) is 23.7 Å². The van der Waals surface area contributed by atoms with E-state index >= 15 is 0 Å². The molecule has 0 aromatic heterocycles. The van der Waals surface area contributed by atoms with Crippen molar-refractivity contribution >= 4 is 0 Å². The first-order valence-corrected chi connectivity index (χ1v) is 6.76. The third-order valence-electron chi connectivity index (χ3n) is 2.87. The molecule has 0 aliphatic carbocycles. The van der Waals surface area contributed by atoms with Crippen molar-refractivity contribution in [2.75, 3.05) is 26.3 Å². The maximum Gasteiger partial charge on any atom is 0.162 e. The van der Waals surface area contributed by atoms with E-state index in [1.165, 1.54) is 6.07 Å². The summed E-state index contributed by atoms with van der Waals surface area (Å²) in [7, 11) is 0. The van der Waals surface area contributed by atoms with Crippen molar-refractivity contribution in [2.45, 2.75) is 6.10 Å². The van der Waals surface area contributed by atoms with Crippen LogP contribution in [0, 0.1) is 49.4 Å².